The summed E-state index contributed by atoms with van der Waals surface area (Å²) in [7, 11) is 2.09. The second kappa shape index (κ2) is 8.38. The molecule has 0 spiro atoms. The van der Waals surface area contributed by atoms with Crippen LogP contribution in [0.5, 0.6) is 0 Å². The largest absolute Gasteiger partial charge is 0.457 e. The van der Waals surface area contributed by atoms with Crippen molar-refractivity contribution in [2.45, 2.75) is 46.6 Å². The molecule has 0 aromatic heterocycles. The minimum atomic E-state index is -0.284. The number of amidine groups is 1. The van der Waals surface area contributed by atoms with Crippen LogP contribution in [0, 0.1) is 20.8 Å². The third-order valence-electron chi connectivity index (χ3n) is 5.22. The Balaban J connectivity index is 1.77. The zero-order valence-corrected chi connectivity index (χ0v) is 16.7. The van der Waals surface area contributed by atoms with Gasteiger partial charge in [0.25, 0.3) is 0 Å². The number of hydrogen-bond acceptors (Lipinski definition) is 3. The van der Waals surface area contributed by atoms with E-state index >= 15 is 0 Å². The molecule has 2 aromatic carbocycles. The van der Waals surface area contributed by atoms with Crippen molar-refractivity contribution in [3.05, 3.63) is 64.2 Å². The molecule has 1 aliphatic rings. The van der Waals surface area contributed by atoms with Gasteiger partial charge >= 0.3 is 5.97 Å². The first-order valence-electron chi connectivity index (χ1n) is 9.57. The summed E-state index contributed by atoms with van der Waals surface area (Å²) in [6.07, 6.45) is 3.42. The third kappa shape index (κ3) is 4.57. The average Bonchev–Trinajstić information content (AvgIpc) is 2.65. The fourth-order valence-electron chi connectivity index (χ4n) is 3.37. The van der Waals surface area contributed by atoms with Gasteiger partial charge in [-0.05, 0) is 68.0 Å². The molecule has 2 aromatic rings. The van der Waals surface area contributed by atoms with Crippen LogP contribution in [-0.4, -0.2) is 30.3 Å². The zero-order valence-electron chi connectivity index (χ0n) is 16.7. The molecule has 1 saturated heterocycles. The molecular weight excluding hydrogens is 336 g/mol. The molecule has 0 atom stereocenters. The maximum Gasteiger partial charge on any atom is 0.338 e. The second-order valence-electron chi connectivity index (χ2n) is 7.36. The lowest BCUT2D eigenvalue weighted by Crippen LogP contribution is -2.31. The van der Waals surface area contributed by atoms with Crippen LogP contribution < -0.4 is 0 Å². The highest BCUT2D eigenvalue weighted by Crippen LogP contribution is 2.26. The molecule has 4 heteroatoms. The molecule has 0 bridgehead atoms. The van der Waals surface area contributed by atoms with Gasteiger partial charge in [-0.3, -0.25) is 0 Å². The first kappa shape index (κ1) is 19.2. The van der Waals surface area contributed by atoms with E-state index in [0.717, 1.165) is 46.7 Å². The molecule has 1 heterocycles. The summed E-state index contributed by atoms with van der Waals surface area (Å²) in [4.78, 5) is 19.7. The van der Waals surface area contributed by atoms with E-state index in [1.54, 1.807) is 0 Å². The Hall–Kier alpha value is -2.62. The molecule has 0 unspecified atom stereocenters. The predicted octanol–water partition coefficient (Wildman–Crippen LogP) is 5.11. The van der Waals surface area contributed by atoms with Crippen LogP contribution in [-0.2, 0) is 11.3 Å². The molecule has 1 fully saturated rings. The minimum Gasteiger partial charge on any atom is -0.457 e. The highest BCUT2D eigenvalue weighted by Gasteiger charge is 2.16. The lowest BCUT2D eigenvalue weighted by Gasteiger charge is -2.26. The SMILES string of the molecule is Cc1ccccc1COC(=O)c1cc(C)c(N=C2CCCCN2C)cc1C. The van der Waals surface area contributed by atoms with E-state index in [0.29, 0.717) is 12.2 Å². The Morgan fingerprint density at radius 1 is 1.07 bits per heavy atom. The van der Waals surface area contributed by atoms with E-state index in [-0.39, 0.29) is 5.97 Å². The van der Waals surface area contributed by atoms with Gasteiger partial charge in [0.2, 0.25) is 0 Å². The van der Waals surface area contributed by atoms with E-state index in [1.165, 1.54) is 12.8 Å². The van der Waals surface area contributed by atoms with Crippen LogP contribution in [0.4, 0.5) is 5.69 Å². The summed E-state index contributed by atoms with van der Waals surface area (Å²) in [5, 5.41) is 0. The van der Waals surface area contributed by atoms with Gasteiger partial charge in [0.05, 0.1) is 11.3 Å². The molecule has 27 heavy (non-hydrogen) atoms. The maximum atomic E-state index is 12.6. The molecule has 0 radical (unpaired) electrons. The molecule has 0 N–H and O–H groups in total. The summed E-state index contributed by atoms with van der Waals surface area (Å²) >= 11 is 0. The van der Waals surface area contributed by atoms with E-state index < -0.39 is 0 Å². The highest BCUT2D eigenvalue weighted by molar-refractivity contribution is 5.92. The molecular formula is C23H28N2O2. The van der Waals surface area contributed by atoms with Gasteiger partial charge in [0.1, 0.15) is 12.4 Å². The maximum absolute atomic E-state index is 12.6. The average molecular weight is 364 g/mol. The number of aliphatic imine (C=N–C) groups is 1. The van der Waals surface area contributed by atoms with Crippen molar-refractivity contribution in [3.63, 3.8) is 0 Å². The summed E-state index contributed by atoms with van der Waals surface area (Å²) in [5.74, 6) is 0.839. The van der Waals surface area contributed by atoms with Crippen molar-refractivity contribution in [2.24, 2.45) is 4.99 Å². The number of likely N-dealkylation sites (tertiary alicyclic amines) is 1. The Bertz CT molecular complexity index is 871. The second-order valence-corrected chi connectivity index (χ2v) is 7.36. The van der Waals surface area contributed by atoms with Gasteiger partial charge in [-0.1, -0.05) is 24.3 Å². The van der Waals surface area contributed by atoms with Gasteiger partial charge in [0.15, 0.2) is 0 Å². The minimum absolute atomic E-state index is 0.284. The fourth-order valence-corrected chi connectivity index (χ4v) is 3.37. The molecule has 142 valence electrons. The van der Waals surface area contributed by atoms with Gasteiger partial charge in [0, 0.05) is 20.0 Å². The molecule has 3 rings (SSSR count). The Kier molecular flexibility index (Phi) is 5.94. The number of hydrogen-bond donors (Lipinski definition) is 0. The van der Waals surface area contributed by atoms with Gasteiger partial charge in [-0.25, -0.2) is 9.79 Å². The number of aryl methyl sites for hydroxylation is 3. The summed E-state index contributed by atoms with van der Waals surface area (Å²) in [5.41, 5.74) is 5.60. The Morgan fingerprint density at radius 2 is 1.85 bits per heavy atom. The van der Waals surface area contributed by atoms with Crippen molar-refractivity contribution >= 4 is 17.5 Å². The van der Waals surface area contributed by atoms with Crippen molar-refractivity contribution < 1.29 is 9.53 Å². The van der Waals surface area contributed by atoms with E-state index in [4.69, 9.17) is 9.73 Å². The normalized spacial score (nSPS) is 15.9. The Labute approximate surface area is 161 Å². The smallest absolute Gasteiger partial charge is 0.338 e. The van der Waals surface area contributed by atoms with Crippen LogP contribution in [0.3, 0.4) is 0 Å². The summed E-state index contributed by atoms with van der Waals surface area (Å²) < 4.78 is 5.55. The lowest BCUT2D eigenvalue weighted by molar-refractivity contribution is 0.0471. The van der Waals surface area contributed by atoms with Gasteiger partial charge < -0.3 is 9.64 Å². The van der Waals surface area contributed by atoms with Gasteiger partial charge in [-0.2, -0.15) is 0 Å². The quantitative estimate of drug-likeness (QED) is 0.708. The zero-order chi connectivity index (χ0) is 19.4. The number of piperidine rings is 1. The van der Waals surface area contributed by atoms with E-state index in [1.807, 2.05) is 57.2 Å². The number of carbonyl (C=O) groups is 1. The molecule has 4 nitrogen and oxygen atoms in total. The van der Waals surface area contributed by atoms with Crippen LogP contribution in [0.25, 0.3) is 0 Å². The van der Waals surface area contributed by atoms with Crippen LogP contribution in [0.15, 0.2) is 41.4 Å². The van der Waals surface area contributed by atoms with Crippen molar-refractivity contribution in [2.75, 3.05) is 13.6 Å². The summed E-state index contributed by atoms with van der Waals surface area (Å²) in [6, 6.07) is 11.8. The highest BCUT2D eigenvalue weighted by atomic mass is 16.5. The van der Waals surface area contributed by atoms with Crippen molar-refractivity contribution in [1.29, 1.82) is 0 Å². The van der Waals surface area contributed by atoms with Crippen LogP contribution in [0.2, 0.25) is 0 Å². The first-order chi connectivity index (χ1) is 13.0. The predicted molar refractivity (Wildman–Crippen MR) is 110 cm³/mol. The van der Waals surface area contributed by atoms with Crippen molar-refractivity contribution in [1.82, 2.24) is 4.90 Å². The standard InChI is InChI=1S/C23H28N2O2/c1-16-9-5-6-10-19(16)15-27-23(26)20-13-18(3)21(14-17(20)2)24-22-11-7-8-12-25(22)4/h5-6,9-10,13-14H,7-8,11-12,15H2,1-4H3. The van der Waals surface area contributed by atoms with Crippen molar-refractivity contribution in [3.8, 4) is 0 Å². The number of benzene rings is 2. The van der Waals surface area contributed by atoms with E-state index in [2.05, 4.69) is 11.9 Å². The lowest BCUT2D eigenvalue weighted by atomic mass is 10.0. The molecule has 1 aliphatic heterocycles. The number of nitrogens with zero attached hydrogens (tertiary/aromatic N) is 2. The fraction of sp³-hybridized carbons (Fsp3) is 0.391. The van der Waals surface area contributed by atoms with Gasteiger partial charge in [-0.15, -0.1) is 0 Å². The number of ether oxygens (including phenoxy) is 1. The first-order valence-corrected chi connectivity index (χ1v) is 9.57. The summed E-state index contributed by atoms with van der Waals surface area (Å²) in [6.45, 7) is 7.31. The monoisotopic (exact) mass is 364 g/mol. The van der Waals surface area contributed by atoms with E-state index in [9.17, 15) is 4.79 Å². The molecule has 0 saturated carbocycles. The topological polar surface area (TPSA) is 41.9 Å². The van der Waals surface area contributed by atoms with Crippen LogP contribution >= 0.6 is 0 Å². The number of rotatable bonds is 4. The molecule has 0 aliphatic carbocycles. The number of esters is 1. The Morgan fingerprint density at radius 3 is 2.59 bits per heavy atom. The van der Waals surface area contributed by atoms with Crippen LogP contribution in [0.1, 0.15) is 51.9 Å². The number of carbonyl (C=O) groups excluding carboxylic acids is 1. The molecule has 0 amide bonds. The third-order valence-corrected chi connectivity index (χ3v) is 5.22.